The summed E-state index contributed by atoms with van der Waals surface area (Å²) in [6.07, 6.45) is 11.9. The highest BCUT2D eigenvalue weighted by Gasteiger charge is 2.17. The van der Waals surface area contributed by atoms with Gasteiger partial charge in [0.25, 0.3) is 0 Å². The highest BCUT2D eigenvalue weighted by Crippen LogP contribution is 2.28. The number of nitrogens with zero attached hydrogens (tertiary/aromatic N) is 1. The van der Waals surface area contributed by atoms with Gasteiger partial charge in [-0.25, -0.2) is 4.98 Å². The largest absolute Gasteiger partial charge is 0.345 e. The summed E-state index contributed by atoms with van der Waals surface area (Å²) in [4.78, 5) is 19.6. The van der Waals surface area contributed by atoms with Gasteiger partial charge in [-0.2, -0.15) is 0 Å². The standard InChI is InChI=1S/C16H20N2O/c19-15(9-8-12-5-2-1-3-6-12)14-11-18-16-13(14)7-4-10-17-16/h4,7,10-12H,1-3,5-6,8-9H2,(H,17,18). The molecule has 1 aliphatic carbocycles. The Morgan fingerprint density at radius 3 is 3.00 bits per heavy atom. The number of aromatic amines is 1. The van der Waals surface area contributed by atoms with Crippen LogP contribution in [-0.4, -0.2) is 15.8 Å². The first-order valence-corrected chi connectivity index (χ1v) is 7.30. The van der Waals surface area contributed by atoms with E-state index in [0.29, 0.717) is 6.42 Å². The topological polar surface area (TPSA) is 45.8 Å². The fraction of sp³-hybridized carbons (Fsp3) is 0.500. The van der Waals surface area contributed by atoms with E-state index in [9.17, 15) is 4.79 Å². The van der Waals surface area contributed by atoms with E-state index in [4.69, 9.17) is 0 Å². The summed E-state index contributed by atoms with van der Waals surface area (Å²) in [6.45, 7) is 0. The fourth-order valence-electron chi connectivity index (χ4n) is 3.13. The van der Waals surface area contributed by atoms with Crippen LogP contribution in [0.25, 0.3) is 11.0 Å². The summed E-state index contributed by atoms with van der Waals surface area (Å²) in [5, 5.41) is 0.955. The first kappa shape index (κ1) is 12.4. The van der Waals surface area contributed by atoms with E-state index in [0.717, 1.165) is 28.9 Å². The van der Waals surface area contributed by atoms with Crippen molar-refractivity contribution in [2.24, 2.45) is 5.92 Å². The zero-order valence-corrected chi connectivity index (χ0v) is 11.2. The second-order valence-electron chi connectivity index (χ2n) is 5.57. The number of hydrogen-bond acceptors (Lipinski definition) is 2. The Morgan fingerprint density at radius 1 is 1.32 bits per heavy atom. The summed E-state index contributed by atoms with van der Waals surface area (Å²) in [5.41, 5.74) is 1.61. The molecule has 0 atom stereocenters. The quantitative estimate of drug-likeness (QED) is 0.837. The van der Waals surface area contributed by atoms with Crippen LogP contribution in [0.15, 0.2) is 24.5 Å². The lowest BCUT2D eigenvalue weighted by Gasteiger charge is -2.20. The first-order valence-electron chi connectivity index (χ1n) is 7.30. The molecule has 3 nitrogen and oxygen atoms in total. The Labute approximate surface area is 113 Å². The predicted octanol–water partition coefficient (Wildman–Crippen LogP) is 4.11. The van der Waals surface area contributed by atoms with Crippen LogP contribution in [0.1, 0.15) is 55.3 Å². The van der Waals surface area contributed by atoms with E-state index >= 15 is 0 Å². The van der Waals surface area contributed by atoms with E-state index in [1.165, 1.54) is 32.1 Å². The van der Waals surface area contributed by atoms with Gasteiger partial charge >= 0.3 is 0 Å². The minimum Gasteiger partial charge on any atom is -0.345 e. The third-order valence-corrected chi connectivity index (χ3v) is 4.26. The number of carbonyl (C=O) groups excluding carboxylic acids is 1. The number of carbonyl (C=O) groups is 1. The maximum atomic E-state index is 12.3. The summed E-state index contributed by atoms with van der Waals surface area (Å²) in [7, 11) is 0. The number of Topliss-reactive ketones (excluding diaryl/α,β-unsaturated/α-hetero) is 1. The number of pyridine rings is 1. The summed E-state index contributed by atoms with van der Waals surface area (Å²) < 4.78 is 0. The molecule has 2 aromatic heterocycles. The lowest BCUT2D eigenvalue weighted by Crippen LogP contribution is -2.09. The molecule has 0 unspecified atom stereocenters. The van der Waals surface area contributed by atoms with Crippen LogP contribution < -0.4 is 0 Å². The lowest BCUT2D eigenvalue weighted by atomic mass is 9.85. The number of ketones is 1. The smallest absolute Gasteiger partial charge is 0.165 e. The minimum atomic E-state index is 0.254. The molecule has 1 aliphatic rings. The number of nitrogens with one attached hydrogen (secondary N) is 1. The zero-order chi connectivity index (χ0) is 13.1. The Bertz CT molecular complexity index is 567. The Balaban J connectivity index is 1.66. The van der Waals surface area contributed by atoms with Crippen molar-refractivity contribution in [3.63, 3.8) is 0 Å². The molecule has 2 aromatic rings. The van der Waals surface area contributed by atoms with Gasteiger partial charge in [-0.05, 0) is 24.5 Å². The molecule has 0 aromatic carbocycles. The van der Waals surface area contributed by atoms with Gasteiger partial charge in [-0.15, -0.1) is 0 Å². The molecule has 1 saturated carbocycles. The van der Waals surface area contributed by atoms with Crippen molar-refractivity contribution in [1.29, 1.82) is 0 Å². The van der Waals surface area contributed by atoms with Crippen LogP contribution in [0.5, 0.6) is 0 Å². The highest BCUT2D eigenvalue weighted by molar-refractivity contribution is 6.07. The predicted molar refractivity (Wildman–Crippen MR) is 76.2 cm³/mol. The van der Waals surface area contributed by atoms with Crippen molar-refractivity contribution in [3.05, 3.63) is 30.1 Å². The SMILES string of the molecule is O=C(CCC1CCCCC1)c1c[nH]c2ncccc12. The Hall–Kier alpha value is -1.64. The normalized spacial score (nSPS) is 16.8. The van der Waals surface area contributed by atoms with Gasteiger partial charge in [0.15, 0.2) is 5.78 Å². The van der Waals surface area contributed by atoms with Gasteiger partial charge < -0.3 is 4.98 Å². The molecule has 3 heteroatoms. The molecule has 0 aliphatic heterocycles. The highest BCUT2D eigenvalue weighted by atomic mass is 16.1. The molecule has 0 radical (unpaired) electrons. The average Bonchev–Trinajstić information content (AvgIpc) is 2.90. The van der Waals surface area contributed by atoms with Gasteiger partial charge in [0.1, 0.15) is 5.65 Å². The molecule has 1 N–H and O–H groups in total. The molecular weight excluding hydrogens is 236 g/mol. The second kappa shape index (κ2) is 5.55. The van der Waals surface area contributed by atoms with Gasteiger partial charge in [-0.3, -0.25) is 4.79 Å². The maximum Gasteiger partial charge on any atom is 0.165 e. The van der Waals surface area contributed by atoms with Crippen molar-refractivity contribution < 1.29 is 4.79 Å². The van der Waals surface area contributed by atoms with Crippen LogP contribution >= 0.6 is 0 Å². The van der Waals surface area contributed by atoms with Crippen molar-refractivity contribution >= 4 is 16.8 Å². The Morgan fingerprint density at radius 2 is 2.16 bits per heavy atom. The molecule has 0 saturated heterocycles. The van der Waals surface area contributed by atoms with Crippen molar-refractivity contribution in [2.75, 3.05) is 0 Å². The molecule has 19 heavy (non-hydrogen) atoms. The number of rotatable bonds is 4. The van der Waals surface area contributed by atoms with Gasteiger partial charge in [-0.1, -0.05) is 32.1 Å². The maximum absolute atomic E-state index is 12.3. The van der Waals surface area contributed by atoms with Crippen LogP contribution in [0.3, 0.4) is 0 Å². The molecule has 0 amide bonds. The number of fused-ring (bicyclic) bond motifs is 1. The first-order chi connectivity index (χ1) is 9.34. The van der Waals surface area contributed by atoms with E-state index in [-0.39, 0.29) is 5.78 Å². The number of hydrogen-bond donors (Lipinski definition) is 1. The molecule has 0 bridgehead atoms. The third-order valence-electron chi connectivity index (χ3n) is 4.26. The molecule has 1 fully saturated rings. The van der Waals surface area contributed by atoms with Crippen molar-refractivity contribution in [1.82, 2.24) is 9.97 Å². The zero-order valence-electron chi connectivity index (χ0n) is 11.2. The molecule has 0 spiro atoms. The Kier molecular flexibility index (Phi) is 3.62. The number of aromatic nitrogens is 2. The van der Waals surface area contributed by atoms with Crippen LogP contribution in [0.4, 0.5) is 0 Å². The van der Waals surface area contributed by atoms with Gasteiger partial charge in [0.2, 0.25) is 0 Å². The van der Waals surface area contributed by atoms with E-state index in [1.54, 1.807) is 12.4 Å². The monoisotopic (exact) mass is 256 g/mol. The van der Waals surface area contributed by atoms with Crippen LogP contribution in [-0.2, 0) is 0 Å². The summed E-state index contributed by atoms with van der Waals surface area (Å²) >= 11 is 0. The average molecular weight is 256 g/mol. The van der Waals surface area contributed by atoms with Crippen molar-refractivity contribution in [3.8, 4) is 0 Å². The summed E-state index contributed by atoms with van der Waals surface area (Å²) in [6, 6.07) is 3.85. The van der Waals surface area contributed by atoms with Crippen LogP contribution in [0, 0.1) is 5.92 Å². The van der Waals surface area contributed by atoms with E-state index < -0.39 is 0 Å². The van der Waals surface area contributed by atoms with E-state index in [1.807, 2.05) is 12.1 Å². The second-order valence-corrected chi connectivity index (χ2v) is 5.57. The van der Waals surface area contributed by atoms with Crippen LogP contribution in [0.2, 0.25) is 0 Å². The van der Waals surface area contributed by atoms with Gasteiger partial charge in [0.05, 0.1) is 0 Å². The molecule has 3 rings (SSSR count). The third kappa shape index (κ3) is 2.70. The molecular formula is C16H20N2O. The van der Waals surface area contributed by atoms with E-state index in [2.05, 4.69) is 9.97 Å². The van der Waals surface area contributed by atoms with Gasteiger partial charge in [0, 0.05) is 29.8 Å². The number of H-pyrrole nitrogens is 1. The lowest BCUT2D eigenvalue weighted by molar-refractivity contribution is 0.0972. The minimum absolute atomic E-state index is 0.254. The van der Waals surface area contributed by atoms with Crippen molar-refractivity contribution in [2.45, 2.75) is 44.9 Å². The summed E-state index contributed by atoms with van der Waals surface area (Å²) in [5.74, 6) is 1.02. The molecule has 100 valence electrons. The fourth-order valence-corrected chi connectivity index (χ4v) is 3.13. The molecule has 2 heterocycles.